The van der Waals surface area contributed by atoms with Crippen LogP contribution in [0.1, 0.15) is 23.4 Å². The Labute approximate surface area is 148 Å². The van der Waals surface area contributed by atoms with E-state index in [2.05, 4.69) is 97.0 Å². The Balaban J connectivity index is 2.18. The molecule has 0 radical (unpaired) electrons. The number of rotatable bonds is 5. The minimum atomic E-state index is 0.373. The lowest BCUT2D eigenvalue weighted by Crippen LogP contribution is -2.22. The Bertz CT molecular complexity index is 519. The molecule has 1 atom stereocenters. The first-order valence-corrected chi connectivity index (χ1v) is 9.50. The predicted molar refractivity (Wildman–Crippen MR) is 99.0 cm³/mol. The molecule has 2 rings (SSSR count). The molecule has 0 aliphatic carbocycles. The summed E-state index contributed by atoms with van der Waals surface area (Å²) in [6.45, 7) is 3.13. The predicted octanol–water partition coefficient (Wildman–Crippen LogP) is 5.77. The van der Waals surface area contributed by atoms with E-state index in [0.29, 0.717) is 6.04 Å². The van der Waals surface area contributed by atoms with Gasteiger partial charge in [-0.15, -0.1) is 11.3 Å². The molecule has 0 aliphatic rings. The molecule has 0 fully saturated rings. The van der Waals surface area contributed by atoms with Crippen LogP contribution >= 0.6 is 65.8 Å². The van der Waals surface area contributed by atoms with Gasteiger partial charge in [-0.05, 0) is 91.2 Å². The fourth-order valence-corrected chi connectivity index (χ4v) is 4.44. The first kappa shape index (κ1) is 15.9. The largest absolute Gasteiger partial charge is 0.309 e. The summed E-state index contributed by atoms with van der Waals surface area (Å²) in [4.78, 5) is 1.36. The SMILES string of the molecule is CCNC(Cc1ccc(I)cc1)c1cc(Br)c(Br)s1. The summed E-state index contributed by atoms with van der Waals surface area (Å²) < 4.78 is 3.58. The van der Waals surface area contributed by atoms with Crippen LogP contribution in [-0.4, -0.2) is 6.54 Å². The Hall–Kier alpha value is 0.570. The summed E-state index contributed by atoms with van der Waals surface area (Å²) in [6.07, 6.45) is 1.02. The van der Waals surface area contributed by atoms with Crippen LogP contribution in [0.5, 0.6) is 0 Å². The van der Waals surface area contributed by atoms with Gasteiger partial charge >= 0.3 is 0 Å². The summed E-state index contributed by atoms with van der Waals surface area (Å²) in [5.74, 6) is 0. The summed E-state index contributed by atoms with van der Waals surface area (Å²) in [5, 5.41) is 3.57. The van der Waals surface area contributed by atoms with Crippen molar-refractivity contribution in [2.45, 2.75) is 19.4 Å². The van der Waals surface area contributed by atoms with Crippen LogP contribution in [0.3, 0.4) is 0 Å². The Morgan fingerprint density at radius 3 is 2.47 bits per heavy atom. The van der Waals surface area contributed by atoms with Gasteiger partial charge in [-0.3, -0.25) is 0 Å². The third kappa shape index (κ3) is 4.52. The zero-order valence-corrected chi connectivity index (χ0v) is 16.6. The van der Waals surface area contributed by atoms with Crippen molar-refractivity contribution >= 4 is 65.8 Å². The third-order valence-corrected chi connectivity index (χ3v) is 6.90. The lowest BCUT2D eigenvalue weighted by Gasteiger charge is -2.16. The van der Waals surface area contributed by atoms with Crippen molar-refractivity contribution in [2.75, 3.05) is 6.54 Å². The van der Waals surface area contributed by atoms with Crippen molar-refractivity contribution in [1.82, 2.24) is 5.32 Å². The molecular formula is C14H14Br2INS. The van der Waals surface area contributed by atoms with Crippen LogP contribution in [0, 0.1) is 3.57 Å². The maximum absolute atomic E-state index is 3.57. The van der Waals surface area contributed by atoms with Crippen LogP contribution in [-0.2, 0) is 6.42 Å². The van der Waals surface area contributed by atoms with Crippen molar-refractivity contribution in [3.05, 3.63) is 52.6 Å². The van der Waals surface area contributed by atoms with E-state index in [0.717, 1.165) is 21.2 Å². The van der Waals surface area contributed by atoms with E-state index >= 15 is 0 Å². The molecule has 1 aromatic carbocycles. The molecule has 1 unspecified atom stereocenters. The van der Waals surface area contributed by atoms with Gasteiger partial charge in [0.2, 0.25) is 0 Å². The second-order valence-electron chi connectivity index (χ2n) is 4.21. The standard InChI is InChI=1S/C14H14Br2INS/c1-2-18-12(13-8-11(15)14(16)19-13)7-9-3-5-10(17)6-4-9/h3-6,8,12,18H,2,7H2,1H3. The number of hydrogen-bond acceptors (Lipinski definition) is 2. The van der Waals surface area contributed by atoms with Crippen LogP contribution in [0.4, 0.5) is 0 Å². The highest BCUT2D eigenvalue weighted by molar-refractivity contribution is 14.1. The molecule has 0 amide bonds. The zero-order chi connectivity index (χ0) is 13.8. The third-order valence-electron chi connectivity index (χ3n) is 2.81. The molecule has 0 saturated carbocycles. The molecular weight excluding hydrogens is 501 g/mol. The quantitative estimate of drug-likeness (QED) is 0.499. The summed E-state index contributed by atoms with van der Waals surface area (Å²) in [6, 6.07) is 11.3. The molecule has 19 heavy (non-hydrogen) atoms. The normalized spacial score (nSPS) is 12.6. The lowest BCUT2D eigenvalue weighted by atomic mass is 10.0. The molecule has 0 bridgehead atoms. The molecule has 1 heterocycles. The minimum Gasteiger partial charge on any atom is -0.309 e. The Kier molecular flexibility index (Phi) is 6.33. The van der Waals surface area contributed by atoms with E-state index in [1.807, 2.05) is 0 Å². The minimum absolute atomic E-state index is 0.373. The van der Waals surface area contributed by atoms with Gasteiger partial charge in [-0.2, -0.15) is 0 Å². The summed E-state index contributed by atoms with van der Waals surface area (Å²) in [5.41, 5.74) is 1.37. The van der Waals surface area contributed by atoms with Gasteiger partial charge in [0.1, 0.15) is 0 Å². The number of nitrogens with one attached hydrogen (secondary N) is 1. The van der Waals surface area contributed by atoms with Gasteiger partial charge < -0.3 is 5.32 Å². The average Bonchev–Trinajstić information content (AvgIpc) is 2.72. The average molecular weight is 515 g/mol. The molecule has 0 spiro atoms. The van der Waals surface area contributed by atoms with Crippen LogP contribution in [0.2, 0.25) is 0 Å². The fraction of sp³-hybridized carbons (Fsp3) is 0.286. The molecule has 1 nitrogen and oxygen atoms in total. The molecule has 102 valence electrons. The number of thiophene rings is 1. The van der Waals surface area contributed by atoms with Crippen molar-refractivity contribution in [1.29, 1.82) is 0 Å². The van der Waals surface area contributed by atoms with Crippen LogP contribution in [0.25, 0.3) is 0 Å². The summed E-state index contributed by atoms with van der Waals surface area (Å²) in [7, 11) is 0. The Morgan fingerprint density at radius 2 is 1.95 bits per heavy atom. The van der Waals surface area contributed by atoms with Gasteiger partial charge in [0, 0.05) is 19.0 Å². The molecule has 5 heteroatoms. The monoisotopic (exact) mass is 513 g/mol. The maximum atomic E-state index is 3.57. The molecule has 0 saturated heterocycles. The lowest BCUT2D eigenvalue weighted by molar-refractivity contribution is 0.558. The highest BCUT2D eigenvalue weighted by Gasteiger charge is 2.15. The van der Waals surface area contributed by atoms with E-state index < -0.39 is 0 Å². The van der Waals surface area contributed by atoms with Gasteiger partial charge in [-0.1, -0.05) is 19.1 Å². The molecule has 2 aromatic rings. The van der Waals surface area contributed by atoms with Crippen LogP contribution in [0.15, 0.2) is 38.6 Å². The van der Waals surface area contributed by atoms with Crippen LogP contribution < -0.4 is 5.32 Å². The smallest absolute Gasteiger partial charge is 0.0843 e. The highest BCUT2D eigenvalue weighted by atomic mass is 127. The van der Waals surface area contributed by atoms with Gasteiger partial charge in [-0.25, -0.2) is 0 Å². The van der Waals surface area contributed by atoms with Crippen molar-refractivity contribution in [2.24, 2.45) is 0 Å². The van der Waals surface area contributed by atoms with E-state index in [1.165, 1.54) is 14.0 Å². The topological polar surface area (TPSA) is 12.0 Å². The molecule has 0 aliphatic heterocycles. The van der Waals surface area contributed by atoms with E-state index in [-0.39, 0.29) is 0 Å². The van der Waals surface area contributed by atoms with Gasteiger partial charge in [0.05, 0.1) is 3.79 Å². The first-order valence-electron chi connectivity index (χ1n) is 6.02. The van der Waals surface area contributed by atoms with Crippen molar-refractivity contribution in [3.63, 3.8) is 0 Å². The highest BCUT2D eigenvalue weighted by Crippen LogP contribution is 2.36. The zero-order valence-electron chi connectivity index (χ0n) is 10.4. The molecule has 1 aromatic heterocycles. The number of hydrogen-bond donors (Lipinski definition) is 1. The molecule has 1 N–H and O–H groups in total. The van der Waals surface area contributed by atoms with Gasteiger partial charge in [0.25, 0.3) is 0 Å². The van der Waals surface area contributed by atoms with Crippen molar-refractivity contribution < 1.29 is 0 Å². The van der Waals surface area contributed by atoms with E-state index in [4.69, 9.17) is 0 Å². The Morgan fingerprint density at radius 1 is 1.26 bits per heavy atom. The second kappa shape index (κ2) is 7.54. The summed E-state index contributed by atoms with van der Waals surface area (Å²) >= 11 is 11.3. The van der Waals surface area contributed by atoms with E-state index in [9.17, 15) is 0 Å². The number of benzene rings is 1. The fourth-order valence-electron chi connectivity index (χ4n) is 1.91. The van der Waals surface area contributed by atoms with Gasteiger partial charge in [0.15, 0.2) is 0 Å². The first-order chi connectivity index (χ1) is 9.10. The maximum Gasteiger partial charge on any atom is 0.0843 e. The van der Waals surface area contributed by atoms with E-state index in [1.54, 1.807) is 11.3 Å². The number of halogens is 3. The van der Waals surface area contributed by atoms with Crippen molar-refractivity contribution in [3.8, 4) is 0 Å². The number of likely N-dealkylation sites (N-methyl/N-ethyl adjacent to an activating group) is 1. The second-order valence-corrected chi connectivity index (χ2v) is 8.71.